The summed E-state index contributed by atoms with van der Waals surface area (Å²) in [5, 5.41) is 0.378. The third-order valence-electron chi connectivity index (χ3n) is 5.68. The molecule has 2 atom stereocenters. The lowest BCUT2D eigenvalue weighted by Gasteiger charge is -2.25. The SMILES string of the molecule is CCCCOc1cccc(N2C(=NC(=O)Cc3ccccc3OC)S[C@H]3CS(=O)(=O)C[C@@H]32)c1. The van der Waals surface area contributed by atoms with Crippen LogP contribution in [0.2, 0.25) is 0 Å². The van der Waals surface area contributed by atoms with Gasteiger partial charge < -0.3 is 14.4 Å². The van der Waals surface area contributed by atoms with Crippen LogP contribution in [0.1, 0.15) is 25.3 Å². The number of hydrogen-bond donors (Lipinski definition) is 0. The second kappa shape index (κ2) is 10.2. The second-order valence-corrected chi connectivity index (χ2v) is 11.5. The molecule has 4 rings (SSSR count). The fourth-order valence-electron chi connectivity index (χ4n) is 4.08. The lowest BCUT2D eigenvalue weighted by Crippen LogP contribution is -2.37. The quantitative estimate of drug-likeness (QED) is 0.524. The van der Waals surface area contributed by atoms with Gasteiger partial charge in [0, 0.05) is 22.6 Å². The molecule has 0 bridgehead atoms. The smallest absolute Gasteiger partial charge is 0.252 e. The number of unbranched alkanes of at least 4 members (excludes halogenated alkanes) is 1. The van der Waals surface area contributed by atoms with E-state index in [1.807, 2.05) is 53.4 Å². The van der Waals surface area contributed by atoms with Crippen LogP contribution < -0.4 is 14.4 Å². The summed E-state index contributed by atoms with van der Waals surface area (Å²) in [5.41, 5.74) is 1.54. The Labute approximate surface area is 199 Å². The molecule has 1 amide bonds. The molecule has 2 aliphatic heterocycles. The van der Waals surface area contributed by atoms with Gasteiger partial charge in [-0.05, 0) is 24.6 Å². The predicted octanol–water partition coefficient (Wildman–Crippen LogP) is 3.72. The number of amides is 1. The maximum Gasteiger partial charge on any atom is 0.252 e. The summed E-state index contributed by atoms with van der Waals surface area (Å²) in [6.07, 6.45) is 2.10. The van der Waals surface area contributed by atoms with Gasteiger partial charge in [-0.1, -0.05) is 49.4 Å². The molecule has 7 nitrogen and oxygen atoms in total. The van der Waals surface area contributed by atoms with Gasteiger partial charge in [-0.2, -0.15) is 4.99 Å². The van der Waals surface area contributed by atoms with E-state index < -0.39 is 9.84 Å². The summed E-state index contributed by atoms with van der Waals surface area (Å²) >= 11 is 1.37. The lowest BCUT2D eigenvalue weighted by atomic mass is 10.1. The number of para-hydroxylation sites is 1. The van der Waals surface area contributed by atoms with E-state index in [9.17, 15) is 13.2 Å². The van der Waals surface area contributed by atoms with Gasteiger partial charge in [0.25, 0.3) is 5.91 Å². The van der Waals surface area contributed by atoms with Crippen LogP contribution in [0.4, 0.5) is 5.69 Å². The Bertz CT molecular complexity index is 1150. The zero-order valence-corrected chi connectivity index (χ0v) is 20.4. The minimum atomic E-state index is -3.13. The molecule has 0 aliphatic carbocycles. The number of thioether (sulfide) groups is 1. The molecule has 33 heavy (non-hydrogen) atoms. The number of ether oxygens (including phenoxy) is 2. The number of fused-ring (bicyclic) bond motifs is 1. The first-order chi connectivity index (χ1) is 15.9. The first kappa shape index (κ1) is 23.6. The Morgan fingerprint density at radius 2 is 2.00 bits per heavy atom. The third kappa shape index (κ3) is 5.52. The van der Waals surface area contributed by atoms with Gasteiger partial charge in [-0.15, -0.1) is 0 Å². The molecular weight excluding hydrogens is 460 g/mol. The molecule has 9 heteroatoms. The maximum atomic E-state index is 12.9. The molecule has 0 radical (unpaired) electrons. The van der Waals surface area contributed by atoms with Gasteiger partial charge in [0.2, 0.25) is 0 Å². The number of rotatable bonds is 8. The van der Waals surface area contributed by atoms with E-state index in [2.05, 4.69) is 11.9 Å². The van der Waals surface area contributed by atoms with E-state index in [-0.39, 0.29) is 35.1 Å². The van der Waals surface area contributed by atoms with Crippen molar-refractivity contribution in [3.05, 3.63) is 54.1 Å². The van der Waals surface area contributed by atoms with Gasteiger partial charge >= 0.3 is 0 Å². The van der Waals surface area contributed by atoms with E-state index in [0.717, 1.165) is 29.8 Å². The molecule has 0 aromatic heterocycles. The van der Waals surface area contributed by atoms with Crippen molar-refractivity contribution < 1.29 is 22.7 Å². The fraction of sp³-hybridized carbons (Fsp3) is 0.417. The molecule has 0 saturated carbocycles. The number of amidine groups is 1. The maximum absolute atomic E-state index is 12.9. The topological polar surface area (TPSA) is 85.3 Å². The number of carbonyl (C=O) groups is 1. The van der Waals surface area contributed by atoms with E-state index in [0.29, 0.717) is 17.5 Å². The van der Waals surface area contributed by atoms with Crippen LogP contribution in [0, 0.1) is 0 Å². The number of anilines is 1. The summed E-state index contributed by atoms with van der Waals surface area (Å²) < 4.78 is 35.8. The number of nitrogens with zero attached hydrogens (tertiary/aromatic N) is 2. The molecule has 2 aromatic carbocycles. The Kier molecular flexibility index (Phi) is 7.29. The van der Waals surface area contributed by atoms with E-state index in [1.54, 1.807) is 7.11 Å². The van der Waals surface area contributed by atoms with Crippen LogP contribution in [0.25, 0.3) is 0 Å². The van der Waals surface area contributed by atoms with Gasteiger partial charge in [0.15, 0.2) is 15.0 Å². The molecule has 2 fully saturated rings. The molecule has 176 valence electrons. The van der Waals surface area contributed by atoms with Crippen molar-refractivity contribution in [2.75, 3.05) is 30.1 Å². The van der Waals surface area contributed by atoms with Crippen molar-refractivity contribution in [3.63, 3.8) is 0 Å². The van der Waals surface area contributed by atoms with Crippen molar-refractivity contribution in [3.8, 4) is 11.5 Å². The van der Waals surface area contributed by atoms with Crippen LogP contribution in [0.5, 0.6) is 11.5 Å². The largest absolute Gasteiger partial charge is 0.496 e. The minimum Gasteiger partial charge on any atom is -0.496 e. The van der Waals surface area contributed by atoms with Crippen LogP contribution in [0.3, 0.4) is 0 Å². The number of aliphatic imine (C=N–C) groups is 1. The Hall–Kier alpha value is -2.52. The van der Waals surface area contributed by atoms with E-state index in [1.165, 1.54) is 11.8 Å². The van der Waals surface area contributed by atoms with Crippen molar-refractivity contribution in [2.45, 2.75) is 37.5 Å². The standard InChI is InChI=1S/C24H28N2O5S2/c1-3-4-12-31-19-10-7-9-18(14-19)26-20-15-33(28,29)16-22(20)32-24(26)25-23(27)13-17-8-5-6-11-21(17)30-2/h5-11,14,20,22H,3-4,12-13,15-16H2,1-2H3/t20-,22-/m0/s1. The van der Waals surface area contributed by atoms with Crippen LogP contribution in [-0.4, -0.2) is 56.0 Å². The summed E-state index contributed by atoms with van der Waals surface area (Å²) in [6, 6.07) is 14.7. The highest BCUT2D eigenvalue weighted by Gasteiger charge is 2.49. The van der Waals surface area contributed by atoms with Crippen molar-refractivity contribution in [1.29, 1.82) is 0 Å². The Morgan fingerprint density at radius 1 is 1.18 bits per heavy atom. The monoisotopic (exact) mass is 488 g/mol. The van der Waals surface area contributed by atoms with E-state index in [4.69, 9.17) is 9.47 Å². The fourth-order valence-corrected chi connectivity index (χ4v) is 8.01. The van der Waals surface area contributed by atoms with Crippen LogP contribution in [-0.2, 0) is 21.1 Å². The number of hydrogen-bond acceptors (Lipinski definition) is 6. The van der Waals surface area contributed by atoms with Crippen molar-refractivity contribution in [2.24, 2.45) is 4.99 Å². The molecular formula is C24H28N2O5S2. The molecule has 2 saturated heterocycles. The number of carbonyl (C=O) groups excluding carboxylic acids is 1. The highest BCUT2D eigenvalue weighted by Crippen LogP contribution is 2.41. The Morgan fingerprint density at radius 3 is 2.79 bits per heavy atom. The average molecular weight is 489 g/mol. The minimum absolute atomic E-state index is 0.0469. The molecule has 0 unspecified atom stereocenters. The summed E-state index contributed by atoms with van der Waals surface area (Å²) in [4.78, 5) is 19.2. The molecule has 2 aliphatic rings. The van der Waals surface area contributed by atoms with Crippen molar-refractivity contribution >= 4 is 38.4 Å². The van der Waals surface area contributed by atoms with Gasteiger partial charge in [0.1, 0.15) is 11.5 Å². The summed E-state index contributed by atoms with van der Waals surface area (Å²) in [6.45, 7) is 2.72. The first-order valence-electron chi connectivity index (χ1n) is 11.0. The molecule has 2 heterocycles. The number of methoxy groups -OCH3 is 1. The summed E-state index contributed by atoms with van der Waals surface area (Å²) in [7, 11) is -1.56. The highest BCUT2D eigenvalue weighted by molar-refractivity contribution is 8.16. The summed E-state index contributed by atoms with van der Waals surface area (Å²) in [5.74, 6) is 1.19. The number of benzene rings is 2. The zero-order chi connectivity index (χ0) is 23.4. The van der Waals surface area contributed by atoms with Gasteiger partial charge in [-0.25, -0.2) is 8.42 Å². The lowest BCUT2D eigenvalue weighted by molar-refractivity contribution is -0.117. The van der Waals surface area contributed by atoms with E-state index >= 15 is 0 Å². The normalized spacial score (nSPS) is 22.4. The highest BCUT2D eigenvalue weighted by atomic mass is 32.2. The molecule has 0 spiro atoms. The van der Waals surface area contributed by atoms with Crippen molar-refractivity contribution in [1.82, 2.24) is 0 Å². The Balaban J connectivity index is 1.61. The number of sulfone groups is 1. The zero-order valence-electron chi connectivity index (χ0n) is 18.8. The second-order valence-electron chi connectivity index (χ2n) is 8.15. The molecule has 2 aromatic rings. The first-order valence-corrected chi connectivity index (χ1v) is 13.7. The van der Waals surface area contributed by atoms with Gasteiger partial charge in [-0.3, -0.25) is 4.79 Å². The average Bonchev–Trinajstić information content (AvgIpc) is 3.25. The molecule has 0 N–H and O–H groups in total. The van der Waals surface area contributed by atoms with Gasteiger partial charge in [0.05, 0.1) is 37.7 Å². The predicted molar refractivity (Wildman–Crippen MR) is 132 cm³/mol. The third-order valence-corrected chi connectivity index (χ3v) is 8.89. The van der Waals surface area contributed by atoms with Crippen LogP contribution in [0.15, 0.2) is 53.5 Å². The van der Waals surface area contributed by atoms with Crippen LogP contribution >= 0.6 is 11.8 Å².